The number of fused-ring (bicyclic) bond motifs is 1. The summed E-state index contributed by atoms with van der Waals surface area (Å²) in [4.78, 5) is 14.2. The Hall–Kier alpha value is -1.20. The van der Waals surface area contributed by atoms with Crippen molar-refractivity contribution in [1.82, 2.24) is 4.98 Å². The molecule has 0 bridgehead atoms. The van der Waals surface area contributed by atoms with Crippen LogP contribution in [0, 0.1) is 10.1 Å². The van der Waals surface area contributed by atoms with Crippen molar-refractivity contribution in [3.05, 3.63) is 33.3 Å². The number of nitro groups is 1. The minimum Gasteiger partial charge on any atom is -0.258 e. The Balaban J connectivity index is 2.59. The molecular weight excluding hydrogens is 224 g/mol. The van der Waals surface area contributed by atoms with E-state index in [-0.39, 0.29) is 5.69 Å². The zero-order valence-corrected chi connectivity index (χ0v) is 8.51. The highest BCUT2D eigenvalue weighted by Crippen LogP contribution is 2.26. The van der Waals surface area contributed by atoms with E-state index in [9.17, 15) is 10.1 Å². The van der Waals surface area contributed by atoms with Gasteiger partial charge in [-0.25, -0.2) is 4.98 Å². The molecule has 6 heteroatoms. The number of aromatic nitrogens is 1. The molecule has 0 spiro atoms. The van der Waals surface area contributed by atoms with Crippen LogP contribution in [-0.2, 0) is 5.88 Å². The zero-order valence-electron chi connectivity index (χ0n) is 6.94. The SMILES string of the molecule is O=[N+]([O-])c1ccc2sc(CCl)nc2c1. The topological polar surface area (TPSA) is 56.0 Å². The van der Waals surface area contributed by atoms with Crippen LogP contribution in [0.15, 0.2) is 18.2 Å². The number of hydrogen-bond acceptors (Lipinski definition) is 4. The summed E-state index contributed by atoms with van der Waals surface area (Å²) in [6.07, 6.45) is 0. The van der Waals surface area contributed by atoms with Crippen molar-refractivity contribution in [2.45, 2.75) is 5.88 Å². The van der Waals surface area contributed by atoms with Crippen LogP contribution in [0.4, 0.5) is 5.69 Å². The molecule has 2 rings (SSSR count). The predicted molar refractivity (Wildman–Crippen MR) is 55.8 cm³/mol. The van der Waals surface area contributed by atoms with Gasteiger partial charge in [0.15, 0.2) is 0 Å². The normalized spacial score (nSPS) is 10.6. The Morgan fingerprint density at radius 1 is 1.57 bits per heavy atom. The van der Waals surface area contributed by atoms with E-state index in [1.54, 1.807) is 6.07 Å². The summed E-state index contributed by atoms with van der Waals surface area (Å²) in [5.41, 5.74) is 0.698. The molecule has 0 saturated heterocycles. The standard InChI is InChI=1S/C8H5ClN2O2S/c9-4-8-10-6-3-5(11(12)13)1-2-7(6)14-8/h1-3H,4H2. The third-order valence-electron chi connectivity index (χ3n) is 1.74. The number of hydrogen-bond donors (Lipinski definition) is 0. The Morgan fingerprint density at radius 3 is 3.00 bits per heavy atom. The second-order valence-corrected chi connectivity index (χ2v) is 4.03. The third-order valence-corrected chi connectivity index (χ3v) is 3.19. The van der Waals surface area contributed by atoms with Crippen molar-refractivity contribution < 1.29 is 4.92 Å². The van der Waals surface area contributed by atoms with Gasteiger partial charge in [0.1, 0.15) is 5.01 Å². The molecule has 4 nitrogen and oxygen atoms in total. The van der Waals surface area contributed by atoms with Gasteiger partial charge in [-0.15, -0.1) is 22.9 Å². The van der Waals surface area contributed by atoms with Crippen molar-refractivity contribution in [3.8, 4) is 0 Å². The number of halogens is 1. The van der Waals surface area contributed by atoms with Gasteiger partial charge < -0.3 is 0 Å². The maximum Gasteiger partial charge on any atom is 0.271 e. The first-order valence-electron chi connectivity index (χ1n) is 3.80. The fourth-order valence-corrected chi connectivity index (χ4v) is 2.16. The van der Waals surface area contributed by atoms with Gasteiger partial charge in [0.2, 0.25) is 0 Å². The smallest absolute Gasteiger partial charge is 0.258 e. The lowest BCUT2D eigenvalue weighted by atomic mass is 10.3. The summed E-state index contributed by atoms with van der Waals surface area (Å²) in [6, 6.07) is 4.63. The van der Waals surface area contributed by atoms with E-state index in [1.165, 1.54) is 23.5 Å². The number of nitrogens with zero attached hydrogens (tertiary/aromatic N) is 2. The number of non-ortho nitro benzene ring substituents is 1. The van der Waals surface area contributed by atoms with E-state index in [4.69, 9.17) is 11.6 Å². The average molecular weight is 229 g/mol. The fraction of sp³-hybridized carbons (Fsp3) is 0.125. The summed E-state index contributed by atoms with van der Waals surface area (Å²) < 4.78 is 0.922. The van der Waals surface area contributed by atoms with Gasteiger partial charge in [0.25, 0.3) is 5.69 Å². The van der Waals surface area contributed by atoms with E-state index in [0.717, 1.165) is 9.71 Å². The highest BCUT2D eigenvalue weighted by Gasteiger charge is 2.09. The maximum absolute atomic E-state index is 10.5. The van der Waals surface area contributed by atoms with Crippen LogP contribution in [-0.4, -0.2) is 9.91 Å². The molecule has 0 aliphatic heterocycles. The molecule has 1 aromatic carbocycles. The van der Waals surface area contributed by atoms with Crippen molar-refractivity contribution >= 4 is 38.8 Å². The third kappa shape index (κ3) is 1.56. The molecule has 0 radical (unpaired) electrons. The number of rotatable bonds is 2. The van der Waals surface area contributed by atoms with Gasteiger partial charge >= 0.3 is 0 Å². The Morgan fingerprint density at radius 2 is 2.36 bits per heavy atom. The quantitative estimate of drug-likeness (QED) is 0.451. The largest absolute Gasteiger partial charge is 0.271 e. The van der Waals surface area contributed by atoms with Crippen LogP contribution < -0.4 is 0 Å². The number of benzene rings is 1. The summed E-state index contributed by atoms with van der Waals surface area (Å²) in [5.74, 6) is 0.340. The lowest BCUT2D eigenvalue weighted by molar-refractivity contribution is -0.384. The van der Waals surface area contributed by atoms with Crippen molar-refractivity contribution in [2.24, 2.45) is 0 Å². The van der Waals surface area contributed by atoms with Gasteiger partial charge in [0, 0.05) is 12.1 Å². The highest BCUT2D eigenvalue weighted by molar-refractivity contribution is 7.18. The molecule has 14 heavy (non-hydrogen) atoms. The second kappa shape index (κ2) is 3.51. The second-order valence-electron chi connectivity index (χ2n) is 2.65. The molecule has 0 atom stereocenters. The molecular formula is C8H5ClN2O2S. The number of alkyl halides is 1. The lowest BCUT2D eigenvalue weighted by Gasteiger charge is -1.89. The van der Waals surface area contributed by atoms with Crippen molar-refractivity contribution in [2.75, 3.05) is 0 Å². The van der Waals surface area contributed by atoms with Gasteiger partial charge in [-0.1, -0.05) is 0 Å². The molecule has 0 unspecified atom stereocenters. The molecule has 0 aliphatic rings. The minimum absolute atomic E-state index is 0.0592. The van der Waals surface area contributed by atoms with Crippen molar-refractivity contribution in [1.29, 1.82) is 0 Å². The molecule has 0 saturated carbocycles. The van der Waals surface area contributed by atoms with Crippen LogP contribution in [0.2, 0.25) is 0 Å². The summed E-state index contributed by atoms with van der Waals surface area (Å²) >= 11 is 7.07. The molecule has 0 aliphatic carbocycles. The van der Waals surface area contributed by atoms with E-state index in [0.29, 0.717) is 11.4 Å². The van der Waals surface area contributed by atoms with E-state index in [1.807, 2.05) is 0 Å². The first-order chi connectivity index (χ1) is 6.70. The number of nitro benzene ring substituents is 1. The van der Waals surface area contributed by atoms with Crippen molar-refractivity contribution in [3.63, 3.8) is 0 Å². The summed E-state index contributed by atoms with van der Waals surface area (Å²) in [5, 5.41) is 11.3. The fourth-order valence-electron chi connectivity index (χ4n) is 1.13. The van der Waals surface area contributed by atoms with Crippen LogP contribution in [0.5, 0.6) is 0 Å². The Kier molecular flexibility index (Phi) is 2.35. The Labute approximate surface area is 88.3 Å². The summed E-state index contributed by atoms with van der Waals surface area (Å²) in [6.45, 7) is 0. The monoisotopic (exact) mass is 228 g/mol. The van der Waals surface area contributed by atoms with Crippen LogP contribution >= 0.6 is 22.9 Å². The van der Waals surface area contributed by atoms with Gasteiger partial charge in [-0.3, -0.25) is 10.1 Å². The van der Waals surface area contributed by atoms with Crippen LogP contribution in [0.3, 0.4) is 0 Å². The summed E-state index contributed by atoms with van der Waals surface area (Å²) in [7, 11) is 0. The first-order valence-corrected chi connectivity index (χ1v) is 5.15. The van der Waals surface area contributed by atoms with E-state index < -0.39 is 4.92 Å². The lowest BCUT2D eigenvalue weighted by Crippen LogP contribution is -1.86. The molecule has 1 aromatic heterocycles. The van der Waals surface area contributed by atoms with E-state index in [2.05, 4.69) is 4.98 Å². The van der Waals surface area contributed by atoms with Gasteiger partial charge in [-0.2, -0.15) is 0 Å². The predicted octanol–water partition coefficient (Wildman–Crippen LogP) is 2.94. The molecule has 2 aromatic rings. The molecule has 72 valence electrons. The van der Waals surface area contributed by atoms with E-state index >= 15 is 0 Å². The molecule has 0 N–H and O–H groups in total. The average Bonchev–Trinajstić information content (AvgIpc) is 2.58. The molecule has 0 fully saturated rings. The minimum atomic E-state index is -0.431. The number of thiazole rings is 1. The van der Waals surface area contributed by atoms with Gasteiger partial charge in [-0.05, 0) is 6.07 Å². The zero-order chi connectivity index (χ0) is 10.1. The molecule has 1 heterocycles. The van der Waals surface area contributed by atoms with Crippen LogP contribution in [0.1, 0.15) is 5.01 Å². The highest BCUT2D eigenvalue weighted by atomic mass is 35.5. The van der Waals surface area contributed by atoms with Gasteiger partial charge in [0.05, 0.1) is 21.0 Å². The van der Waals surface area contributed by atoms with Crippen LogP contribution in [0.25, 0.3) is 10.2 Å². The Bertz CT molecular complexity index is 497. The first kappa shape index (κ1) is 9.36. The molecule has 0 amide bonds. The maximum atomic E-state index is 10.5.